The Bertz CT molecular complexity index is 964. The summed E-state index contributed by atoms with van der Waals surface area (Å²) in [5.41, 5.74) is 6.03. The SMILES string of the molecule is Cc1ccc(-n2nnnc2SC(C)C(=O)c2cc(C)ccc2C)c(C)c1. The number of ketones is 1. The molecule has 0 aliphatic carbocycles. The molecule has 0 saturated heterocycles. The van der Waals surface area contributed by atoms with Gasteiger partial charge in [0, 0.05) is 5.56 Å². The third-order valence-electron chi connectivity index (χ3n) is 4.33. The van der Waals surface area contributed by atoms with Gasteiger partial charge in [-0.1, -0.05) is 47.2 Å². The third kappa shape index (κ3) is 3.70. The van der Waals surface area contributed by atoms with Gasteiger partial charge in [0.25, 0.3) is 0 Å². The topological polar surface area (TPSA) is 60.7 Å². The van der Waals surface area contributed by atoms with Gasteiger partial charge in [-0.15, -0.1) is 5.10 Å². The molecule has 0 saturated carbocycles. The normalized spacial score (nSPS) is 12.2. The highest BCUT2D eigenvalue weighted by molar-refractivity contribution is 8.00. The molecule has 1 aromatic heterocycles. The van der Waals surface area contributed by atoms with Crippen molar-refractivity contribution in [1.82, 2.24) is 20.2 Å². The minimum Gasteiger partial charge on any atom is -0.293 e. The smallest absolute Gasteiger partial charge is 0.214 e. The molecule has 26 heavy (non-hydrogen) atoms. The summed E-state index contributed by atoms with van der Waals surface area (Å²) in [6, 6.07) is 12.1. The van der Waals surface area contributed by atoms with Crippen molar-refractivity contribution in [2.45, 2.75) is 45.0 Å². The number of aromatic nitrogens is 4. The van der Waals surface area contributed by atoms with Gasteiger partial charge < -0.3 is 0 Å². The molecule has 0 aliphatic rings. The van der Waals surface area contributed by atoms with E-state index in [9.17, 15) is 4.79 Å². The van der Waals surface area contributed by atoms with Crippen molar-refractivity contribution in [3.8, 4) is 5.69 Å². The van der Waals surface area contributed by atoms with Crippen LogP contribution in [0.3, 0.4) is 0 Å². The molecular weight excluding hydrogens is 344 g/mol. The van der Waals surface area contributed by atoms with Gasteiger partial charge in [0.15, 0.2) is 5.78 Å². The van der Waals surface area contributed by atoms with E-state index in [2.05, 4.69) is 28.5 Å². The fourth-order valence-corrected chi connectivity index (χ4v) is 3.75. The van der Waals surface area contributed by atoms with Crippen LogP contribution in [0.15, 0.2) is 41.6 Å². The minimum atomic E-state index is -0.286. The van der Waals surface area contributed by atoms with Gasteiger partial charge in [-0.25, -0.2) is 0 Å². The molecule has 0 amide bonds. The third-order valence-corrected chi connectivity index (χ3v) is 5.36. The summed E-state index contributed by atoms with van der Waals surface area (Å²) in [4.78, 5) is 12.9. The van der Waals surface area contributed by atoms with Crippen molar-refractivity contribution in [3.05, 3.63) is 64.2 Å². The summed E-state index contributed by atoms with van der Waals surface area (Å²) < 4.78 is 1.70. The first-order valence-electron chi connectivity index (χ1n) is 8.51. The maximum absolute atomic E-state index is 12.9. The van der Waals surface area contributed by atoms with Crippen LogP contribution >= 0.6 is 11.8 Å². The van der Waals surface area contributed by atoms with Crippen LogP contribution in [0.2, 0.25) is 0 Å². The van der Waals surface area contributed by atoms with E-state index >= 15 is 0 Å². The number of hydrogen-bond donors (Lipinski definition) is 0. The van der Waals surface area contributed by atoms with Crippen LogP contribution in [0.1, 0.15) is 39.5 Å². The first-order chi connectivity index (χ1) is 12.4. The summed E-state index contributed by atoms with van der Waals surface area (Å²) in [6.07, 6.45) is 0. The molecule has 3 rings (SSSR count). The maximum atomic E-state index is 12.9. The average molecular weight is 366 g/mol. The highest BCUT2D eigenvalue weighted by atomic mass is 32.2. The Hall–Kier alpha value is -2.47. The first kappa shape index (κ1) is 18.3. The molecule has 1 atom stereocenters. The van der Waals surface area contributed by atoms with Crippen LogP contribution in [0, 0.1) is 27.7 Å². The van der Waals surface area contributed by atoms with Crippen LogP contribution in [-0.4, -0.2) is 31.2 Å². The summed E-state index contributed by atoms with van der Waals surface area (Å²) in [5, 5.41) is 12.4. The molecule has 0 aliphatic heterocycles. The highest BCUT2D eigenvalue weighted by Crippen LogP contribution is 2.27. The number of benzene rings is 2. The van der Waals surface area contributed by atoms with Gasteiger partial charge in [-0.3, -0.25) is 4.79 Å². The standard InChI is InChI=1S/C20H22N4OS/c1-12-7-9-18(15(4)10-12)24-20(21-22-23-24)26-16(5)19(25)17-11-13(2)6-8-14(17)3/h6-11,16H,1-5H3. The number of thioether (sulfide) groups is 1. The summed E-state index contributed by atoms with van der Waals surface area (Å²) in [7, 11) is 0. The van der Waals surface area contributed by atoms with E-state index in [1.807, 2.05) is 58.0 Å². The molecule has 134 valence electrons. The number of carbonyl (C=O) groups excluding carboxylic acids is 1. The number of nitrogens with zero attached hydrogens (tertiary/aromatic N) is 4. The summed E-state index contributed by atoms with van der Waals surface area (Å²) >= 11 is 1.38. The molecule has 0 bridgehead atoms. The second-order valence-corrected chi connectivity index (χ2v) is 7.91. The Morgan fingerprint density at radius 1 is 1.00 bits per heavy atom. The fourth-order valence-electron chi connectivity index (χ4n) is 2.88. The monoisotopic (exact) mass is 366 g/mol. The maximum Gasteiger partial charge on any atom is 0.214 e. The zero-order valence-corrected chi connectivity index (χ0v) is 16.5. The van der Waals surface area contributed by atoms with Crippen LogP contribution in [-0.2, 0) is 0 Å². The van der Waals surface area contributed by atoms with Crippen LogP contribution in [0.25, 0.3) is 5.69 Å². The molecule has 2 aromatic carbocycles. The zero-order chi connectivity index (χ0) is 18.8. The predicted molar refractivity (Wildman–Crippen MR) is 104 cm³/mol. The molecule has 0 radical (unpaired) electrons. The van der Waals surface area contributed by atoms with Crippen LogP contribution in [0.5, 0.6) is 0 Å². The summed E-state index contributed by atoms with van der Waals surface area (Å²) in [5.74, 6) is 0.0892. The van der Waals surface area contributed by atoms with Crippen molar-refractivity contribution in [3.63, 3.8) is 0 Å². The molecule has 1 heterocycles. The van der Waals surface area contributed by atoms with Gasteiger partial charge in [0.2, 0.25) is 5.16 Å². The highest BCUT2D eigenvalue weighted by Gasteiger charge is 2.22. The second-order valence-electron chi connectivity index (χ2n) is 6.61. The van der Waals surface area contributed by atoms with E-state index in [1.54, 1.807) is 4.68 Å². The van der Waals surface area contributed by atoms with E-state index in [0.29, 0.717) is 5.16 Å². The molecule has 0 spiro atoms. The van der Waals surface area contributed by atoms with E-state index < -0.39 is 0 Å². The van der Waals surface area contributed by atoms with Crippen molar-refractivity contribution < 1.29 is 4.79 Å². The lowest BCUT2D eigenvalue weighted by molar-refractivity contribution is 0.0993. The Morgan fingerprint density at radius 2 is 1.69 bits per heavy atom. The van der Waals surface area contributed by atoms with E-state index in [0.717, 1.165) is 27.9 Å². The summed E-state index contributed by atoms with van der Waals surface area (Å²) in [6.45, 7) is 9.94. The predicted octanol–water partition coefficient (Wildman–Crippen LogP) is 4.26. The van der Waals surface area contributed by atoms with E-state index in [4.69, 9.17) is 0 Å². The molecule has 3 aromatic rings. The number of tetrazole rings is 1. The Labute approximate surface area is 157 Å². The van der Waals surface area contributed by atoms with Gasteiger partial charge in [-0.2, -0.15) is 4.68 Å². The van der Waals surface area contributed by atoms with Crippen molar-refractivity contribution in [1.29, 1.82) is 0 Å². The lowest BCUT2D eigenvalue weighted by atomic mass is 10.0. The second kappa shape index (κ2) is 7.41. The lowest BCUT2D eigenvalue weighted by Crippen LogP contribution is -2.16. The molecule has 1 unspecified atom stereocenters. The molecule has 0 fully saturated rings. The van der Waals surface area contributed by atoms with E-state index in [-0.39, 0.29) is 11.0 Å². The minimum absolute atomic E-state index is 0.0892. The largest absolute Gasteiger partial charge is 0.293 e. The van der Waals surface area contributed by atoms with Crippen molar-refractivity contribution >= 4 is 17.5 Å². The van der Waals surface area contributed by atoms with Crippen molar-refractivity contribution in [2.24, 2.45) is 0 Å². The molecule has 5 nitrogen and oxygen atoms in total. The fraction of sp³-hybridized carbons (Fsp3) is 0.300. The van der Waals surface area contributed by atoms with Gasteiger partial charge >= 0.3 is 0 Å². The van der Waals surface area contributed by atoms with Crippen LogP contribution < -0.4 is 0 Å². The molecular formula is C20H22N4OS. The van der Waals surface area contributed by atoms with Gasteiger partial charge in [0.1, 0.15) is 0 Å². The number of carbonyl (C=O) groups is 1. The Morgan fingerprint density at radius 3 is 2.42 bits per heavy atom. The van der Waals surface area contributed by atoms with E-state index in [1.165, 1.54) is 17.3 Å². The zero-order valence-electron chi connectivity index (χ0n) is 15.6. The first-order valence-corrected chi connectivity index (χ1v) is 9.39. The number of hydrogen-bond acceptors (Lipinski definition) is 5. The lowest BCUT2D eigenvalue weighted by Gasteiger charge is -2.13. The molecule has 6 heteroatoms. The van der Waals surface area contributed by atoms with Crippen LogP contribution in [0.4, 0.5) is 0 Å². The van der Waals surface area contributed by atoms with Crippen molar-refractivity contribution in [2.75, 3.05) is 0 Å². The Balaban J connectivity index is 1.87. The number of rotatable bonds is 5. The quantitative estimate of drug-likeness (QED) is 0.499. The Kier molecular flexibility index (Phi) is 5.23. The number of Topliss-reactive ketones (excluding diaryl/α,β-unsaturated/α-hetero) is 1. The average Bonchev–Trinajstić information content (AvgIpc) is 3.04. The van der Waals surface area contributed by atoms with Gasteiger partial charge in [0.05, 0.1) is 10.9 Å². The molecule has 0 N–H and O–H groups in total. The van der Waals surface area contributed by atoms with Gasteiger partial charge in [-0.05, 0) is 68.3 Å². The number of aryl methyl sites for hydroxylation is 4.